The first-order valence-electron chi connectivity index (χ1n) is 19.1. The van der Waals surface area contributed by atoms with E-state index >= 15 is 8.78 Å². The number of amides is 1. The van der Waals surface area contributed by atoms with Crippen LogP contribution in [-0.4, -0.2) is 99.2 Å². The van der Waals surface area contributed by atoms with Gasteiger partial charge in [0.15, 0.2) is 5.82 Å². The van der Waals surface area contributed by atoms with E-state index in [1.807, 2.05) is 9.80 Å². The molecule has 0 saturated carbocycles. The quantitative estimate of drug-likeness (QED) is 0.151. The molecule has 4 saturated heterocycles. The predicted octanol–water partition coefficient (Wildman–Crippen LogP) is 6.95. The highest BCUT2D eigenvalue weighted by Gasteiger charge is 2.53. The third-order valence-electron chi connectivity index (χ3n) is 12.1. The van der Waals surface area contributed by atoms with Gasteiger partial charge in [0.25, 0.3) is 0 Å². The second-order valence-corrected chi connectivity index (χ2v) is 16.2. The number of halogens is 6. The van der Waals surface area contributed by atoms with Crippen LogP contribution >= 0.6 is 0 Å². The molecule has 1 unspecified atom stereocenters. The van der Waals surface area contributed by atoms with Crippen molar-refractivity contribution in [3.05, 3.63) is 41.0 Å². The van der Waals surface area contributed by atoms with Crippen molar-refractivity contribution in [1.29, 1.82) is 0 Å². The van der Waals surface area contributed by atoms with Crippen molar-refractivity contribution in [2.45, 2.75) is 109 Å². The summed E-state index contributed by atoms with van der Waals surface area (Å²) in [6.45, 7) is 11.0. The first-order valence-corrected chi connectivity index (χ1v) is 19.1. The van der Waals surface area contributed by atoms with Gasteiger partial charge in [0.1, 0.15) is 35.7 Å². The molecule has 5 aliphatic rings. The van der Waals surface area contributed by atoms with Crippen molar-refractivity contribution in [1.82, 2.24) is 24.8 Å². The molecule has 5 aliphatic heterocycles. The number of nitrogen functional groups attached to an aromatic ring is 1. The fourth-order valence-electron chi connectivity index (χ4n) is 9.66. The lowest BCUT2D eigenvalue weighted by atomic mass is 9.90. The molecule has 0 radical (unpaired) electrons. The number of rotatable bonds is 7. The molecule has 2 N–H and O–H groups in total. The van der Waals surface area contributed by atoms with Gasteiger partial charge in [-0.05, 0) is 62.8 Å². The third kappa shape index (κ3) is 6.47. The number of alkyl halides is 4. The number of aryl methyl sites for hydroxylation is 1. The highest BCUT2D eigenvalue weighted by molar-refractivity contribution is 6.04. The minimum Gasteiger partial charge on any atom is -0.461 e. The van der Waals surface area contributed by atoms with Crippen LogP contribution in [0.5, 0.6) is 6.01 Å². The molecule has 57 heavy (non-hydrogen) atoms. The summed E-state index contributed by atoms with van der Waals surface area (Å²) >= 11 is 0. The summed E-state index contributed by atoms with van der Waals surface area (Å²) in [4.78, 5) is 44.2. The lowest BCUT2D eigenvalue weighted by molar-refractivity contribution is -0.170. The maximum atomic E-state index is 17.2. The number of carbonyl (C=O) groups excluding carboxylic acids is 2. The summed E-state index contributed by atoms with van der Waals surface area (Å²) in [5, 5.41) is -0.127. The number of hydrogen-bond donors (Lipinski definition) is 1. The number of pyridine rings is 1. The summed E-state index contributed by atoms with van der Waals surface area (Å²) in [7, 11) is 0. The SMILES string of the molecule is C=C1C[C@@H]2[C@@H]3CC[C@H](CN2c2nc(OC[C@@]45CCCN4C[C@H](F)C5)nc4c(F)c(-c5nc(N)cc(C)c5C(F)(F)F)c(F)c1c24)N3C(=O)OC(C)OC(=O)C(C)C. The number of esters is 1. The predicted molar refractivity (Wildman–Crippen MR) is 196 cm³/mol. The van der Waals surface area contributed by atoms with Crippen LogP contribution in [0.15, 0.2) is 12.6 Å². The van der Waals surface area contributed by atoms with E-state index < -0.39 is 99.8 Å². The van der Waals surface area contributed by atoms with Crippen molar-refractivity contribution in [2.75, 3.05) is 36.9 Å². The number of benzene rings is 1. The lowest BCUT2D eigenvalue weighted by Gasteiger charge is -2.46. The number of piperazine rings is 1. The molecule has 2 bridgehead atoms. The van der Waals surface area contributed by atoms with Crippen molar-refractivity contribution in [3.63, 3.8) is 0 Å². The molecule has 0 aliphatic carbocycles. The molecule has 6 atom stereocenters. The number of ether oxygens (including phenoxy) is 3. The molecule has 7 heterocycles. The van der Waals surface area contributed by atoms with Crippen LogP contribution < -0.4 is 15.4 Å². The summed E-state index contributed by atoms with van der Waals surface area (Å²) in [6, 6.07) is -1.05. The zero-order valence-electron chi connectivity index (χ0n) is 31.9. The summed E-state index contributed by atoms with van der Waals surface area (Å²) in [5.41, 5.74) is 0.591. The minimum atomic E-state index is -5.07. The van der Waals surface area contributed by atoms with Crippen molar-refractivity contribution >= 4 is 40.2 Å². The van der Waals surface area contributed by atoms with Gasteiger partial charge in [0, 0.05) is 32.0 Å². The smallest absolute Gasteiger partial charge is 0.418 e. The van der Waals surface area contributed by atoms with Gasteiger partial charge in [0.05, 0.1) is 51.8 Å². The number of carbonyl (C=O) groups is 2. The monoisotopic (exact) mass is 803 g/mol. The van der Waals surface area contributed by atoms with Gasteiger partial charge in [-0.15, -0.1) is 0 Å². The third-order valence-corrected chi connectivity index (χ3v) is 12.1. The van der Waals surface area contributed by atoms with E-state index in [2.05, 4.69) is 16.5 Å². The number of aromatic nitrogens is 3. The van der Waals surface area contributed by atoms with Gasteiger partial charge >= 0.3 is 24.2 Å². The van der Waals surface area contributed by atoms with Gasteiger partial charge < -0.3 is 24.8 Å². The van der Waals surface area contributed by atoms with Crippen molar-refractivity contribution < 1.29 is 50.1 Å². The summed E-state index contributed by atoms with van der Waals surface area (Å²) < 4.78 is 110. The first kappa shape index (κ1) is 39.0. The topological polar surface area (TPSA) is 136 Å². The maximum Gasteiger partial charge on any atom is 0.418 e. The Kier molecular flexibility index (Phi) is 9.51. The second kappa shape index (κ2) is 13.9. The molecule has 8 rings (SSSR count). The molecule has 1 aromatic carbocycles. The van der Waals surface area contributed by atoms with E-state index in [1.54, 1.807) is 18.7 Å². The first-order chi connectivity index (χ1) is 26.9. The Balaban J connectivity index is 1.26. The van der Waals surface area contributed by atoms with Gasteiger partial charge in [-0.25, -0.2) is 22.9 Å². The van der Waals surface area contributed by atoms with Crippen LogP contribution in [0.4, 0.5) is 42.8 Å². The zero-order chi connectivity index (χ0) is 40.9. The van der Waals surface area contributed by atoms with E-state index in [0.717, 1.165) is 19.4 Å². The van der Waals surface area contributed by atoms with E-state index in [-0.39, 0.29) is 66.7 Å². The molecular formula is C39H43F6N7O5. The number of nitrogens with two attached hydrogens (primary N) is 1. The van der Waals surface area contributed by atoms with E-state index in [0.29, 0.717) is 25.8 Å². The molecule has 18 heteroatoms. The second-order valence-electron chi connectivity index (χ2n) is 16.2. The Labute approximate surface area is 324 Å². The highest BCUT2D eigenvalue weighted by Crippen LogP contribution is 2.51. The van der Waals surface area contributed by atoms with E-state index in [9.17, 15) is 27.2 Å². The van der Waals surface area contributed by atoms with Gasteiger partial charge in [-0.3, -0.25) is 14.6 Å². The molecule has 0 spiro atoms. The summed E-state index contributed by atoms with van der Waals surface area (Å²) in [5.74, 6) is -4.13. The number of fused-ring (bicyclic) bond motifs is 6. The van der Waals surface area contributed by atoms with E-state index in [1.165, 1.54) is 6.92 Å². The van der Waals surface area contributed by atoms with Crippen molar-refractivity contribution in [3.8, 4) is 17.3 Å². The Bertz CT molecular complexity index is 2190. The van der Waals surface area contributed by atoms with Crippen LogP contribution in [0, 0.1) is 24.5 Å². The molecule has 2 aromatic heterocycles. The van der Waals surface area contributed by atoms with Crippen molar-refractivity contribution in [2.24, 2.45) is 5.92 Å². The number of anilines is 2. The maximum absolute atomic E-state index is 17.2. The fraction of sp³-hybridized carbons (Fsp3) is 0.564. The highest BCUT2D eigenvalue weighted by atomic mass is 19.4. The van der Waals surface area contributed by atoms with E-state index in [4.69, 9.17) is 24.9 Å². The molecule has 12 nitrogen and oxygen atoms in total. The molecular weight excluding hydrogens is 760 g/mol. The normalized spacial score (nSPS) is 26.1. The standard InChI is InChI=1S/C39H43F6N7O5/c1-17(2)35(53)56-20(5)57-37(54)52-22-7-8-23(52)24-11-18(3)26-27-33(31(42)28(30(26)41)32-29(39(43,44)45)19(4)12-25(46)47-32)48-36(49-34(27)51(24)15-22)55-16-38-9-6-10-50(38)14-21(40)13-38/h12,17,20-24H,3,6-11,13-16H2,1-2,4-5H3,(H2,46,47)/t20?,21-,22-,23+,24-,38+/m1/s1. The van der Waals surface area contributed by atoms with Crippen LogP contribution in [0.1, 0.15) is 76.0 Å². The largest absolute Gasteiger partial charge is 0.461 e. The summed E-state index contributed by atoms with van der Waals surface area (Å²) in [6.07, 6.45) is -5.42. The average Bonchev–Trinajstić information content (AvgIpc) is 3.73. The van der Waals surface area contributed by atoms with Gasteiger partial charge in [0.2, 0.25) is 6.29 Å². The van der Waals surface area contributed by atoms with Crippen LogP contribution in [0.25, 0.3) is 27.7 Å². The molecule has 306 valence electrons. The number of hydrogen-bond acceptors (Lipinski definition) is 11. The van der Waals surface area contributed by atoms with Crippen LogP contribution in [-0.2, 0) is 20.4 Å². The average molecular weight is 804 g/mol. The molecule has 1 amide bonds. The number of nitrogens with zero attached hydrogens (tertiary/aromatic N) is 6. The fourth-order valence-corrected chi connectivity index (χ4v) is 9.66. The zero-order valence-corrected chi connectivity index (χ0v) is 31.9. The van der Waals surface area contributed by atoms with Crippen LogP contribution in [0.2, 0.25) is 0 Å². The Hall–Kier alpha value is -4.87. The van der Waals surface area contributed by atoms with Gasteiger partial charge in [-0.1, -0.05) is 20.4 Å². The Morgan fingerprint density at radius 1 is 1.05 bits per heavy atom. The minimum absolute atomic E-state index is 0.0197. The Morgan fingerprint density at radius 2 is 1.81 bits per heavy atom. The molecule has 4 fully saturated rings. The Morgan fingerprint density at radius 3 is 2.53 bits per heavy atom. The van der Waals surface area contributed by atoms with Gasteiger partial charge in [-0.2, -0.15) is 23.1 Å². The molecule has 3 aromatic rings. The lowest BCUT2D eigenvalue weighted by Crippen LogP contribution is -2.61. The van der Waals surface area contributed by atoms with Crippen LogP contribution in [0.3, 0.4) is 0 Å².